The predicted molar refractivity (Wildman–Crippen MR) is 103 cm³/mol. The summed E-state index contributed by atoms with van der Waals surface area (Å²) in [6, 6.07) is 7.43. The molecule has 0 bridgehead atoms. The number of nitrogens with two attached hydrogens (primary N) is 1. The van der Waals surface area contributed by atoms with Crippen LogP contribution in [0.5, 0.6) is 0 Å². The third-order valence-corrected chi connectivity index (χ3v) is 4.84. The van der Waals surface area contributed by atoms with E-state index >= 15 is 0 Å². The Morgan fingerprint density at radius 1 is 1.32 bits per heavy atom. The highest BCUT2D eigenvalue weighted by Gasteiger charge is 2.15. The number of anilines is 2. The van der Waals surface area contributed by atoms with E-state index in [0.29, 0.717) is 29.1 Å². The van der Waals surface area contributed by atoms with Crippen LogP contribution in [0.25, 0.3) is 0 Å². The van der Waals surface area contributed by atoms with Gasteiger partial charge >= 0.3 is 0 Å². The van der Waals surface area contributed by atoms with Gasteiger partial charge in [0.05, 0.1) is 11.0 Å². The molecular formula is C16H21ClN6OS. The molecule has 1 amide bonds. The Morgan fingerprint density at radius 3 is 2.72 bits per heavy atom. The SMILES string of the molecule is CC(SCc1nc(N)nc(N(C)C)n1)C(=O)NCc1ccccc1Cl. The van der Waals surface area contributed by atoms with E-state index in [0.717, 1.165) is 5.56 Å². The molecule has 0 aliphatic carbocycles. The van der Waals surface area contributed by atoms with Crippen LogP contribution in [0.2, 0.25) is 5.02 Å². The third kappa shape index (κ3) is 5.75. The second kappa shape index (κ2) is 8.87. The van der Waals surface area contributed by atoms with E-state index in [4.69, 9.17) is 17.3 Å². The first-order chi connectivity index (χ1) is 11.9. The number of thioether (sulfide) groups is 1. The maximum Gasteiger partial charge on any atom is 0.233 e. The summed E-state index contributed by atoms with van der Waals surface area (Å²) in [7, 11) is 3.66. The van der Waals surface area contributed by atoms with Gasteiger partial charge in [-0.15, -0.1) is 11.8 Å². The topological polar surface area (TPSA) is 97.0 Å². The van der Waals surface area contributed by atoms with Gasteiger partial charge in [-0.25, -0.2) is 0 Å². The fraction of sp³-hybridized carbons (Fsp3) is 0.375. The average molecular weight is 381 g/mol. The van der Waals surface area contributed by atoms with E-state index in [-0.39, 0.29) is 17.1 Å². The minimum atomic E-state index is -0.261. The van der Waals surface area contributed by atoms with E-state index in [1.165, 1.54) is 11.8 Å². The molecule has 0 saturated heterocycles. The van der Waals surface area contributed by atoms with E-state index in [2.05, 4.69) is 20.3 Å². The maximum absolute atomic E-state index is 12.2. The minimum Gasteiger partial charge on any atom is -0.368 e. The van der Waals surface area contributed by atoms with Crippen LogP contribution in [-0.2, 0) is 17.1 Å². The first kappa shape index (κ1) is 19.3. The number of hydrogen-bond acceptors (Lipinski definition) is 7. The molecule has 7 nitrogen and oxygen atoms in total. The van der Waals surface area contributed by atoms with Gasteiger partial charge in [0.15, 0.2) is 0 Å². The monoisotopic (exact) mass is 380 g/mol. The molecule has 1 heterocycles. The summed E-state index contributed by atoms with van der Waals surface area (Å²) in [5.74, 6) is 1.62. The molecule has 1 atom stereocenters. The molecule has 0 spiro atoms. The molecule has 0 aliphatic rings. The van der Waals surface area contributed by atoms with Gasteiger partial charge in [0, 0.05) is 25.7 Å². The van der Waals surface area contributed by atoms with Crippen molar-refractivity contribution in [3.8, 4) is 0 Å². The zero-order valence-electron chi connectivity index (χ0n) is 14.4. The molecule has 2 aromatic rings. The van der Waals surface area contributed by atoms with E-state index in [1.807, 2.05) is 39.2 Å². The Bertz CT molecular complexity index is 742. The second-order valence-electron chi connectivity index (χ2n) is 5.57. The lowest BCUT2D eigenvalue weighted by Gasteiger charge is -2.14. The Balaban J connectivity index is 1.88. The molecule has 25 heavy (non-hydrogen) atoms. The third-order valence-electron chi connectivity index (χ3n) is 3.33. The van der Waals surface area contributed by atoms with Crippen molar-refractivity contribution in [2.24, 2.45) is 0 Å². The summed E-state index contributed by atoms with van der Waals surface area (Å²) in [4.78, 5) is 26.5. The van der Waals surface area contributed by atoms with Crippen molar-refractivity contribution in [1.29, 1.82) is 0 Å². The zero-order chi connectivity index (χ0) is 18.4. The summed E-state index contributed by atoms with van der Waals surface area (Å²) in [5, 5.41) is 3.26. The molecule has 0 aliphatic heterocycles. The number of halogens is 1. The number of amides is 1. The standard InChI is InChI=1S/C16H21ClN6OS/c1-10(14(24)19-8-11-6-4-5-7-12(11)17)25-9-13-20-15(18)22-16(21-13)23(2)3/h4-7,10H,8-9H2,1-3H3,(H,19,24)(H2,18,20,21,22). The molecular weight excluding hydrogens is 360 g/mol. The highest BCUT2D eigenvalue weighted by atomic mass is 35.5. The quantitative estimate of drug-likeness (QED) is 0.759. The van der Waals surface area contributed by atoms with Crippen molar-refractivity contribution in [3.63, 3.8) is 0 Å². The van der Waals surface area contributed by atoms with E-state index in [1.54, 1.807) is 11.0 Å². The van der Waals surface area contributed by atoms with Gasteiger partial charge in [0.25, 0.3) is 0 Å². The van der Waals surface area contributed by atoms with Crippen LogP contribution in [0, 0.1) is 0 Å². The van der Waals surface area contributed by atoms with Crippen LogP contribution < -0.4 is 16.0 Å². The molecule has 1 aromatic heterocycles. The maximum atomic E-state index is 12.2. The summed E-state index contributed by atoms with van der Waals surface area (Å²) in [6.07, 6.45) is 0. The van der Waals surface area contributed by atoms with Gasteiger partial charge in [-0.3, -0.25) is 4.79 Å². The summed E-state index contributed by atoms with van der Waals surface area (Å²) in [6.45, 7) is 2.23. The van der Waals surface area contributed by atoms with Gasteiger partial charge < -0.3 is 16.0 Å². The number of carbonyl (C=O) groups is 1. The predicted octanol–water partition coefficient (Wildman–Crippen LogP) is 2.11. The van der Waals surface area contributed by atoms with Crippen LogP contribution in [0.3, 0.4) is 0 Å². The molecule has 2 rings (SSSR count). The molecule has 1 aromatic carbocycles. The number of nitrogen functional groups attached to an aromatic ring is 1. The Hall–Kier alpha value is -2.06. The molecule has 0 radical (unpaired) electrons. The summed E-state index contributed by atoms with van der Waals surface area (Å²) < 4.78 is 0. The number of rotatable bonds is 7. The van der Waals surface area contributed by atoms with Gasteiger partial charge in [-0.05, 0) is 18.6 Å². The van der Waals surface area contributed by atoms with Crippen molar-refractivity contribution in [1.82, 2.24) is 20.3 Å². The lowest BCUT2D eigenvalue weighted by molar-refractivity contribution is -0.120. The Morgan fingerprint density at radius 2 is 2.04 bits per heavy atom. The number of aromatic nitrogens is 3. The van der Waals surface area contributed by atoms with Gasteiger partial charge in [-0.1, -0.05) is 29.8 Å². The largest absolute Gasteiger partial charge is 0.368 e. The number of hydrogen-bond donors (Lipinski definition) is 2. The van der Waals surface area contributed by atoms with E-state index in [9.17, 15) is 4.79 Å². The van der Waals surface area contributed by atoms with Crippen LogP contribution in [0.4, 0.5) is 11.9 Å². The molecule has 9 heteroatoms. The number of carbonyl (C=O) groups excluding carboxylic acids is 1. The molecule has 1 unspecified atom stereocenters. The van der Waals surface area contributed by atoms with Gasteiger partial charge in [-0.2, -0.15) is 15.0 Å². The van der Waals surface area contributed by atoms with Crippen molar-refractivity contribution in [2.45, 2.75) is 24.5 Å². The average Bonchev–Trinajstić information content (AvgIpc) is 2.58. The molecule has 3 N–H and O–H groups in total. The van der Waals surface area contributed by atoms with Crippen LogP contribution >= 0.6 is 23.4 Å². The normalized spacial score (nSPS) is 11.8. The Labute approximate surface area is 156 Å². The first-order valence-electron chi connectivity index (χ1n) is 7.67. The fourth-order valence-corrected chi connectivity index (χ4v) is 2.90. The number of benzene rings is 1. The van der Waals surface area contributed by atoms with Gasteiger partial charge in [0.1, 0.15) is 5.82 Å². The van der Waals surface area contributed by atoms with Crippen LogP contribution in [0.15, 0.2) is 24.3 Å². The second-order valence-corrected chi connectivity index (χ2v) is 7.30. The smallest absolute Gasteiger partial charge is 0.233 e. The lowest BCUT2D eigenvalue weighted by atomic mass is 10.2. The zero-order valence-corrected chi connectivity index (χ0v) is 15.9. The van der Waals surface area contributed by atoms with Crippen molar-refractivity contribution in [3.05, 3.63) is 40.7 Å². The number of nitrogens with one attached hydrogen (secondary N) is 1. The fourth-order valence-electron chi connectivity index (χ4n) is 1.93. The van der Waals surface area contributed by atoms with Crippen molar-refractivity contribution >= 4 is 41.2 Å². The highest BCUT2D eigenvalue weighted by Crippen LogP contribution is 2.18. The highest BCUT2D eigenvalue weighted by molar-refractivity contribution is 7.99. The molecule has 0 fully saturated rings. The first-order valence-corrected chi connectivity index (χ1v) is 9.10. The van der Waals surface area contributed by atoms with Gasteiger partial charge in [0.2, 0.25) is 17.8 Å². The number of nitrogens with zero attached hydrogens (tertiary/aromatic N) is 4. The lowest BCUT2D eigenvalue weighted by Crippen LogP contribution is -2.30. The summed E-state index contributed by atoms with van der Waals surface area (Å²) >= 11 is 7.52. The van der Waals surface area contributed by atoms with Crippen molar-refractivity contribution in [2.75, 3.05) is 24.7 Å². The van der Waals surface area contributed by atoms with Crippen LogP contribution in [-0.4, -0.2) is 40.2 Å². The Kier molecular flexibility index (Phi) is 6.83. The van der Waals surface area contributed by atoms with Crippen molar-refractivity contribution < 1.29 is 4.79 Å². The summed E-state index contributed by atoms with van der Waals surface area (Å²) in [5.41, 5.74) is 6.58. The van der Waals surface area contributed by atoms with E-state index < -0.39 is 0 Å². The minimum absolute atomic E-state index is 0.0696. The van der Waals surface area contributed by atoms with Crippen LogP contribution in [0.1, 0.15) is 18.3 Å². The molecule has 134 valence electrons. The molecule has 0 saturated carbocycles.